The number of hydrogen-bond donors (Lipinski definition) is 2. The third kappa shape index (κ3) is 16.0. The maximum Gasteiger partial charge on any atom is 0.534 e. The van der Waals surface area contributed by atoms with Gasteiger partial charge in [-0.3, -0.25) is 0 Å². The topological polar surface area (TPSA) is 182 Å². The number of rotatable bonds is 11. The first-order valence-electron chi connectivity index (χ1n) is 16.5. The lowest BCUT2D eigenvalue weighted by atomic mass is 9.98. The number of alkyl halides is 3. The summed E-state index contributed by atoms with van der Waals surface area (Å²) in [5.41, 5.74) is -3.27. The Labute approximate surface area is 312 Å². The quantitative estimate of drug-likeness (QED) is 0.124. The van der Waals surface area contributed by atoms with Gasteiger partial charge in [0, 0.05) is 12.8 Å². The zero-order valence-corrected chi connectivity index (χ0v) is 32.1. The molecular weight excluding hydrogens is 741 g/mol. The van der Waals surface area contributed by atoms with E-state index in [1.54, 1.807) is 41.5 Å². The Bertz CT molecular complexity index is 1720. The van der Waals surface area contributed by atoms with Crippen LogP contribution in [0.5, 0.6) is 5.75 Å². The van der Waals surface area contributed by atoms with Crippen LogP contribution in [0.4, 0.5) is 22.8 Å². The molecule has 1 heterocycles. The van der Waals surface area contributed by atoms with E-state index < -0.39 is 68.8 Å². The molecule has 1 aliphatic heterocycles. The van der Waals surface area contributed by atoms with E-state index in [0.717, 1.165) is 43.4 Å². The number of amides is 2. The molecule has 0 saturated heterocycles. The number of alkyl carbamates (subject to hydrolysis) is 2. The van der Waals surface area contributed by atoms with E-state index in [4.69, 9.17) is 18.9 Å². The maximum atomic E-state index is 12.3. The van der Waals surface area contributed by atoms with E-state index in [1.807, 2.05) is 24.3 Å². The Kier molecular flexibility index (Phi) is 16.3. The van der Waals surface area contributed by atoms with E-state index in [2.05, 4.69) is 25.6 Å². The molecule has 54 heavy (non-hydrogen) atoms. The lowest BCUT2D eigenvalue weighted by Gasteiger charge is -2.22. The number of halogens is 3. The van der Waals surface area contributed by atoms with Crippen LogP contribution < -0.4 is 14.8 Å². The van der Waals surface area contributed by atoms with Crippen LogP contribution in [0.2, 0.25) is 0 Å². The fraction of sp³-hybridized carbons (Fsp3) is 0.500. The van der Waals surface area contributed by atoms with E-state index >= 15 is 0 Å². The second-order valence-electron chi connectivity index (χ2n) is 13.7. The Morgan fingerprint density at radius 3 is 1.52 bits per heavy atom. The minimum absolute atomic E-state index is 0.0851. The van der Waals surface area contributed by atoms with Crippen LogP contribution in [-0.4, -0.2) is 88.8 Å². The highest BCUT2D eigenvalue weighted by Gasteiger charge is 2.48. The van der Waals surface area contributed by atoms with Crippen LogP contribution in [0.25, 0.3) is 5.57 Å². The summed E-state index contributed by atoms with van der Waals surface area (Å²) in [5.74, 6) is -1.84. The van der Waals surface area contributed by atoms with Gasteiger partial charge in [0.25, 0.3) is 0 Å². The van der Waals surface area contributed by atoms with E-state index in [-0.39, 0.29) is 6.42 Å². The van der Waals surface area contributed by atoms with Gasteiger partial charge in [-0.2, -0.15) is 21.6 Å². The molecule has 3 rings (SSSR count). The smallest absolute Gasteiger partial charge is 0.467 e. The van der Waals surface area contributed by atoms with E-state index in [0.29, 0.717) is 18.6 Å². The molecule has 14 nitrogen and oxygen atoms in total. The summed E-state index contributed by atoms with van der Waals surface area (Å²) in [7, 11) is -3.37. The van der Waals surface area contributed by atoms with Crippen LogP contribution in [0.1, 0.15) is 64.7 Å². The number of ether oxygens (including phenoxy) is 5. The number of nitrogens with one attached hydrogen (secondary N) is 2. The lowest BCUT2D eigenvalue weighted by Crippen LogP contribution is -2.45. The Hall–Kier alpha value is -4.84. The summed E-state index contributed by atoms with van der Waals surface area (Å²) in [6.45, 7) is 11.6. The molecule has 0 fully saturated rings. The average Bonchev–Trinajstić information content (AvgIpc) is 3.06. The summed E-state index contributed by atoms with van der Waals surface area (Å²) >= 11 is 0. The number of carbonyl (C=O) groups is 4. The molecule has 2 atom stereocenters. The molecule has 0 radical (unpaired) electrons. The first kappa shape index (κ1) is 45.3. The largest absolute Gasteiger partial charge is 0.534 e. The van der Waals surface area contributed by atoms with Crippen molar-refractivity contribution in [1.82, 2.24) is 10.6 Å². The van der Waals surface area contributed by atoms with Crippen LogP contribution in [0.15, 0.2) is 54.6 Å². The van der Waals surface area contributed by atoms with Crippen molar-refractivity contribution in [3.63, 3.8) is 0 Å². The molecule has 300 valence electrons. The maximum absolute atomic E-state index is 12.3. The van der Waals surface area contributed by atoms with E-state index in [9.17, 15) is 40.8 Å². The van der Waals surface area contributed by atoms with Crippen molar-refractivity contribution in [1.29, 1.82) is 0 Å². The molecule has 2 aromatic carbocycles. The second-order valence-corrected chi connectivity index (χ2v) is 15.3. The third-order valence-electron chi connectivity index (χ3n) is 6.93. The molecule has 2 N–H and O–H groups in total. The third-order valence-corrected chi connectivity index (χ3v) is 7.91. The fourth-order valence-electron chi connectivity index (χ4n) is 4.54. The van der Waals surface area contributed by atoms with Gasteiger partial charge >= 0.3 is 39.8 Å². The standard InChI is InChI=1S/C20H27NO5.C16H20F3NO7S/c1-20(2,3)26-19(23)21-17(18(22)24-4)13-14-5-7-15(8-6-14)16-9-11-25-12-10-16;1-15(2,3)26-14(22)20-12(13(21)25-4)9-10-5-7-11(8-6-10)27-28(23,24)16(17,18)19/h5-9,17H,10-13H2,1-4H3,(H,21,23);5-8,12H,9H2,1-4H3,(H,20,22)/t17-;12-/m00/s1. The first-order chi connectivity index (χ1) is 24.9. The summed E-state index contributed by atoms with van der Waals surface area (Å²) < 4.78 is 87.9. The molecule has 0 aromatic heterocycles. The van der Waals surface area contributed by atoms with Crippen molar-refractivity contribution in [2.75, 3.05) is 27.4 Å². The summed E-state index contributed by atoms with van der Waals surface area (Å²) in [5, 5.41) is 4.92. The minimum Gasteiger partial charge on any atom is -0.467 e. The molecule has 0 aliphatic carbocycles. The molecule has 0 unspecified atom stereocenters. The summed E-state index contributed by atoms with van der Waals surface area (Å²) in [6.07, 6.45) is 1.72. The Morgan fingerprint density at radius 1 is 0.741 bits per heavy atom. The normalized spacial score (nSPS) is 14.5. The molecular formula is C36H47F3N2O12S. The molecule has 1 aliphatic rings. The van der Waals surface area contributed by atoms with Crippen LogP contribution in [0.3, 0.4) is 0 Å². The molecule has 0 bridgehead atoms. The highest BCUT2D eigenvalue weighted by molar-refractivity contribution is 7.88. The first-order valence-corrected chi connectivity index (χ1v) is 17.9. The number of carbonyl (C=O) groups excluding carboxylic acids is 4. The number of hydrogen-bond acceptors (Lipinski definition) is 12. The number of methoxy groups -OCH3 is 2. The highest BCUT2D eigenvalue weighted by atomic mass is 32.2. The van der Waals surface area contributed by atoms with Gasteiger partial charge in [0.1, 0.15) is 29.0 Å². The van der Waals surface area contributed by atoms with Crippen LogP contribution in [0, 0.1) is 0 Å². The van der Waals surface area contributed by atoms with Gasteiger partial charge in [-0.05, 0) is 82.4 Å². The van der Waals surface area contributed by atoms with Gasteiger partial charge in [0.2, 0.25) is 0 Å². The molecule has 0 spiro atoms. The van der Waals surface area contributed by atoms with E-state index in [1.165, 1.54) is 24.8 Å². The Morgan fingerprint density at radius 2 is 1.17 bits per heavy atom. The summed E-state index contributed by atoms with van der Waals surface area (Å²) in [6, 6.07) is 10.5. The van der Waals surface area contributed by atoms with Crippen molar-refractivity contribution in [3.8, 4) is 5.75 Å². The molecule has 18 heteroatoms. The predicted octanol–water partition coefficient (Wildman–Crippen LogP) is 5.62. The lowest BCUT2D eigenvalue weighted by molar-refractivity contribution is -0.143. The van der Waals surface area contributed by atoms with Crippen molar-refractivity contribution in [3.05, 3.63) is 71.3 Å². The zero-order chi connectivity index (χ0) is 40.9. The molecule has 2 aromatic rings. The number of esters is 2. The van der Waals surface area contributed by atoms with Gasteiger partial charge in [-0.1, -0.05) is 42.5 Å². The minimum atomic E-state index is -5.79. The van der Waals surface area contributed by atoms with Crippen molar-refractivity contribution >= 4 is 39.8 Å². The summed E-state index contributed by atoms with van der Waals surface area (Å²) in [4.78, 5) is 47.7. The van der Waals surface area contributed by atoms with Crippen molar-refractivity contribution < 1.29 is 68.6 Å². The monoisotopic (exact) mass is 788 g/mol. The predicted molar refractivity (Wildman–Crippen MR) is 190 cm³/mol. The van der Waals surface area contributed by atoms with Crippen LogP contribution in [-0.2, 0) is 56.2 Å². The SMILES string of the molecule is COC(=O)[C@H](Cc1ccc(C2=CCOCC2)cc1)NC(=O)OC(C)(C)C.COC(=O)[C@H](Cc1ccc(OS(=O)(=O)C(F)(F)F)cc1)NC(=O)OC(C)(C)C. The van der Waals surface area contributed by atoms with Gasteiger partial charge in [0.05, 0.1) is 27.4 Å². The van der Waals surface area contributed by atoms with Crippen LogP contribution >= 0.6 is 0 Å². The van der Waals surface area contributed by atoms with Gasteiger partial charge in [0.15, 0.2) is 0 Å². The number of benzene rings is 2. The van der Waals surface area contributed by atoms with Crippen molar-refractivity contribution in [2.24, 2.45) is 0 Å². The zero-order valence-electron chi connectivity index (χ0n) is 31.3. The second kappa shape index (κ2) is 19.5. The molecule has 0 saturated carbocycles. The average molecular weight is 789 g/mol. The molecule has 2 amide bonds. The van der Waals surface area contributed by atoms with Gasteiger partial charge < -0.3 is 38.5 Å². The fourth-order valence-corrected chi connectivity index (χ4v) is 5.00. The highest BCUT2D eigenvalue weighted by Crippen LogP contribution is 2.27. The van der Waals surface area contributed by atoms with Gasteiger partial charge in [-0.25, -0.2) is 19.2 Å². The van der Waals surface area contributed by atoms with Gasteiger partial charge in [-0.15, -0.1) is 0 Å². The Balaban J connectivity index is 0.000000374. The van der Waals surface area contributed by atoms with Crippen molar-refractivity contribution in [2.45, 2.75) is 89.6 Å².